The summed E-state index contributed by atoms with van der Waals surface area (Å²) in [5.74, 6) is 0.742. The molecule has 0 heterocycles. The highest BCUT2D eigenvalue weighted by Crippen LogP contribution is 2.43. The van der Waals surface area contributed by atoms with Crippen LogP contribution in [0.2, 0.25) is 0 Å². The van der Waals surface area contributed by atoms with Crippen LogP contribution in [0.25, 0.3) is 0 Å². The lowest BCUT2D eigenvalue weighted by atomic mass is 9.70. The van der Waals surface area contributed by atoms with Gasteiger partial charge in [0.1, 0.15) is 0 Å². The highest BCUT2D eigenvalue weighted by Gasteiger charge is 2.29. The first-order chi connectivity index (χ1) is 8.77. The van der Waals surface area contributed by atoms with Crippen LogP contribution in [0.15, 0.2) is 24.3 Å². The van der Waals surface area contributed by atoms with Crippen LogP contribution in [-0.4, -0.2) is 5.54 Å². The molecule has 0 radical (unpaired) electrons. The van der Waals surface area contributed by atoms with Crippen LogP contribution in [0.1, 0.15) is 70.4 Å². The number of rotatable bonds is 3. The van der Waals surface area contributed by atoms with Crippen LogP contribution in [0.5, 0.6) is 0 Å². The standard InChI is InChI=1S/C18H29N/c1-17(2)11-9-14(10-12-17)16-8-6-5-7-15(16)13-18(3,4)19/h5-8,14H,9-13,19H2,1-4H3. The van der Waals surface area contributed by atoms with Crippen molar-refractivity contribution in [1.82, 2.24) is 0 Å². The average Bonchev–Trinajstić information content (AvgIpc) is 2.28. The molecular formula is C18H29N. The summed E-state index contributed by atoms with van der Waals surface area (Å²) in [5.41, 5.74) is 9.64. The molecule has 0 aromatic heterocycles. The van der Waals surface area contributed by atoms with Gasteiger partial charge in [0, 0.05) is 5.54 Å². The predicted molar refractivity (Wildman–Crippen MR) is 83.4 cm³/mol. The van der Waals surface area contributed by atoms with E-state index in [1.54, 1.807) is 5.56 Å². The van der Waals surface area contributed by atoms with Crippen LogP contribution >= 0.6 is 0 Å². The lowest BCUT2D eigenvalue weighted by Gasteiger charge is -2.35. The van der Waals surface area contributed by atoms with E-state index in [-0.39, 0.29) is 5.54 Å². The van der Waals surface area contributed by atoms with Crippen LogP contribution in [-0.2, 0) is 6.42 Å². The SMILES string of the molecule is CC(C)(N)Cc1ccccc1C1CCC(C)(C)CC1. The van der Waals surface area contributed by atoms with E-state index >= 15 is 0 Å². The molecule has 0 amide bonds. The Morgan fingerprint density at radius 1 is 1.16 bits per heavy atom. The number of nitrogens with two attached hydrogens (primary N) is 1. The smallest absolute Gasteiger partial charge is 0.0138 e. The van der Waals surface area contributed by atoms with E-state index in [4.69, 9.17) is 5.73 Å². The van der Waals surface area contributed by atoms with E-state index < -0.39 is 0 Å². The topological polar surface area (TPSA) is 26.0 Å². The Balaban J connectivity index is 2.16. The van der Waals surface area contributed by atoms with E-state index in [1.807, 2.05) is 0 Å². The lowest BCUT2D eigenvalue weighted by molar-refractivity contribution is 0.224. The molecule has 1 aliphatic carbocycles. The maximum absolute atomic E-state index is 6.21. The Hall–Kier alpha value is -0.820. The zero-order valence-electron chi connectivity index (χ0n) is 13.0. The third kappa shape index (κ3) is 4.07. The molecule has 1 nitrogen and oxygen atoms in total. The second kappa shape index (κ2) is 5.28. The van der Waals surface area contributed by atoms with Gasteiger partial charge >= 0.3 is 0 Å². The molecule has 106 valence electrons. The van der Waals surface area contributed by atoms with Gasteiger partial charge in [-0.15, -0.1) is 0 Å². The fourth-order valence-corrected chi connectivity index (χ4v) is 3.29. The van der Waals surface area contributed by atoms with Crippen molar-refractivity contribution >= 4 is 0 Å². The fraction of sp³-hybridized carbons (Fsp3) is 0.667. The molecule has 1 aromatic carbocycles. The average molecular weight is 259 g/mol. The summed E-state index contributed by atoms with van der Waals surface area (Å²) in [5, 5.41) is 0. The van der Waals surface area contributed by atoms with Crippen LogP contribution in [0.3, 0.4) is 0 Å². The van der Waals surface area contributed by atoms with Crippen molar-refractivity contribution in [2.24, 2.45) is 11.1 Å². The minimum atomic E-state index is -0.121. The van der Waals surface area contributed by atoms with Crippen molar-refractivity contribution in [2.45, 2.75) is 71.3 Å². The van der Waals surface area contributed by atoms with Gasteiger partial charge < -0.3 is 5.73 Å². The van der Waals surface area contributed by atoms with Gasteiger partial charge in [-0.25, -0.2) is 0 Å². The van der Waals surface area contributed by atoms with Crippen molar-refractivity contribution in [3.05, 3.63) is 35.4 Å². The normalized spacial score (nSPS) is 20.5. The first kappa shape index (κ1) is 14.6. The van der Waals surface area contributed by atoms with Crippen molar-refractivity contribution < 1.29 is 0 Å². The highest BCUT2D eigenvalue weighted by atomic mass is 14.7. The molecule has 2 N–H and O–H groups in total. The first-order valence-electron chi connectivity index (χ1n) is 7.64. The van der Waals surface area contributed by atoms with Crippen LogP contribution in [0, 0.1) is 5.41 Å². The minimum absolute atomic E-state index is 0.121. The van der Waals surface area contributed by atoms with Crippen molar-refractivity contribution in [3.63, 3.8) is 0 Å². The maximum atomic E-state index is 6.21. The Morgan fingerprint density at radius 2 is 1.74 bits per heavy atom. The van der Waals surface area contributed by atoms with Crippen LogP contribution < -0.4 is 5.73 Å². The van der Waals surface area contributed by atoms with Crippen molar-refractivity contribution in [3.8, 4) is 0 Å². The summed E-state index contributed by atoms with van der Waals surface area (Å²) in [6.45, 7) is 9.04. The summed E-state index contributed by atoms with van der Waals surface area (Å²) in [6, 6.07) is 8.92. The van der Waals surface area contributed by atoms with Crippen molar-refractivity contribution in [2.75, 3.05) is 0 Å². The summed E-state index contributed by atoms with van der Waals surface area (Å²) >= 11 is 0. The first-order valence-corrected chi connectivity index (χ1v) is 7.64. The maximum Gasteiger partial charge on any atom is 0.0138 e. The molecule has 0 aliphatic heterocycles. The third-order valence-corrected chi connectivity index (χ3v) is 4.48. The van der Waals surface area contributed by atoms with Gasteiger partial charge in [0.25, 0.3) is 0 Å². The van der Waals surface area contributed by atoms with E-state index in [0.29, 0.717) is 5.41 Å². The van der Waals surface area contributed by atoms with Gasteiger partial charge in [-0.05, 0) is 68.4 Å². The molecule has 1 saturated carbocycles. The number of hydrogen-bond donors (Lipinski definition) is 1. The van der Waals surface area contributed by atoms with E-state index in [9.17, 15) is 0 Å². The molecule has 1 fully saturated rings. The second-order valence-electron chi connectivity index (χ2n) is 7.80. The Labute approximate surface area is 118 Å². The zero-order valence-corrected chi connectivity index (χ0v) is 13.0. The molecule has 0 atom stereocenters. The van der Waals surface area contributed by atoms with Crippen LogP contribution in [0.4, 0.5) is 0 Å². The molecule has 0 spiro atoms. The third-order valence-electron chi connectivity index (χ3n) is 4.48. The van der Waals surface area contributed by atoms with Gasteiger partial charge in [-0.1, -0.05) is 38.1 Å². The number of hydrogen-bond acceptors (Lipinski definition) is 1. The molecule has 1 aliphatic rings. The van der Waals surface area contributed by atoms with Gasteiger partial charge in [0.2, 0.25) is 0 Å². The highest BCUT2D eigenvalue weighted by molar-refractivity contribution is 5.32. The summed E-state index contributed by atoms with van der Waals surface area (Å²) < 4.78 is 0. The van der Waals surface area contributed by atoms with Gasteiger partial charge in [0.05, 0.1) is 0 Å². The number of benzene rings is 1. The molecule has 1 aromatic rings. The minimum Gasteiger partial charge on any atom is -0.325 e. The Morgan fingerprint density at radius 3 is 2.32 bits per heavy atom. The molecule has 2 rings (SSSR count). The summed E-state index contributed by atoms with van der Waals surface area (Å²) in [4.78, 5) is 0. The van der Waals surface area contributed by atoms with Gasteiger partial charge in [0.15, 0.2) is 0 Å². The van der Waals surface area contributed by atoms with Crippen molar-refractivity contribution in [1.29, 1.82) is 0 Å². The summed E-state index contributed by atoms with van der Waals surface area (Å²) in [7, 11) is 0. The largest absolute Gasteiger partial charge is 0.325 e. The molecule has 0 unspecified atom stereocenters. The van der Waals surface area contributed by atoms with Gasteiger partial charge in [-0.2, -0.15) is 0 Å². The van der Waals surface area contributed by atoms with E-state index in [1.165, 1.54) is 31.2 Å². The Bertz CT molecular complexity index is 416. The fourth-order valence-electron chi connectivity index (χ4n) is 3.29. The molecule has 1 heteroatoms. The van der Waals surface area contributed by atoms with E-state index in [2.05, 4.69) is 52.0 Å². The zero-order chi connectivity index (χ0) is 14.1. The second-order valence-corrected chi connectivity index (χ2v) is 7.80. The predicted octanol–water partition coefficient (Wildman–Crippen LogP) is 4.65. The molecule has 0 saturated heterocycles. The Kier molecular flexibility index (Phi) is 4.06. The van der Waals surface area contributed by atoms with E-state index in [0.717, 1.165) is 12.3 Å². The summed E-state index contributed by atoms with van der Waals surface area (Å²) in [6.07, 6.45) is 6.32. The molecule has 19 heavy (non-hydrogen) atoms. The molecule has 0 bridgehead atoms. The lowest BCUT2D eigenvalue weighted by Crippen LogP contribution is -2.35. The quantitative estimate of drug-likeness (QED) is 0.840. The molecular weight excluding hydrogens is 230 g/mol. The monoisotopic (exact) mass is 259 g/mol. The van der Waals surface area contributed by atoms with Gasteiger partial charge in [-0.3, -0.25) is 0 Å².